The van der Waals surface area contributed by atoms with Crippen LogP contribution in [-0.2, 0) is 12.7 Å². The molecule has 1 aromatic rings. The van der Waals surface area contributed by atoms with Crippen LogP contribution in [0.1, 0.15) is 25.0 Å². The molecule has 90 valence electrons. The molecule has 0 aromatic heterocycles. The molecule has 3 N–H and O–H groups in total. The van der Waals surface area contributed by atoms with Gasteiger partial charge in [-0.3, -0.25) is 0 Å². The Morgan fingerprint density at radius 2 is 1.94 bits per heavy atom. The highest BCUT2D eigenvalue weighted by Gasteiger charge is 2.33. The Morgan fingerprint density at radius 1 is 1.31 bits per heavy atom. The van der Waals surface area contributed by atoms with E-state index in [9.17, 15) is 13.2 Å². The van der Waals surface area contributed by atoms with Gasteiger partial charge in [0, 0.05) is 18.3 Å². The van der Waals surface area contributed by atoms with E-state index in [2.05, 4.69) is 5.32 Å². The number of anilines is 1. The maximum atomic E-state index is 12.5. The van der Waals surface area contributed by atoms with Crippen LogP contribution in [0.3, 0.4) is 0 Å². The first kappa shape index (κ1) is 12.8. The number of hydrogen-bond acceptors (Lipinski definition) is 2. The summed E-state index contributed by atoms with van der Waals surface area (Å²) in [4.78, 5) is 0. The van der Waals surface area contributed by atoms with Gasteiger partial charge in [-0.05, 0) is 11.6 Å². The van der Waals surface area contributed by atoms with Gasteiger partial charge in [0.2, 0.25) is 0 Å². The van der Waals surface area contributed by atoms with Gasteiger partial charge in [0.15, 0.2) is 0 Å². The van der Waals surface area contributed by atoms with Crippen LogP contribution >= 0.6 is 0 Å². The van der Waals surface area contributed by atoms with E-state index in [1.807, 2.05) is 13.8 Å². The molecule has 1 rings (SSSR count). The zero-order valence-electron chi connectivity index (χ0n) is 9.23. The molecule has 0 fully saturated rings. The van der Waals surface area contributed by atoms with Gasteiger partial charge in [0.05, 0.1) is 5.56 Å². The highest BCUT2D eigenvalue weighted by Crippen LogP contribution is 2.34. The summed E-state index contributed by atoms with van der Waals surface area (Å²) < 4.78 is 37.6. The second kappa shape index (κ2) is 4.74. The van der Waals surface area contributed by atoms with Crippen LogP contribution in [0, 0.1) is 0 Å². The average molecular weight is 232 g/mol. The third-order valence-corrected chi connectivity index (χ3v) is 2.20. The van der Waals surface area contributed by atoms with Gasteiger partial charge < -0.3 is 11.1 Å². The molecule has 0 saturated heterocycles. The number of para-hydroxylation sites is 1. The molecule has 0 atom stereocenters. The van der Waals surface area contributed by atoms with Crippen LogP contribution in [0.25, 0.3) is 0 Å². The van der Waals surface area contributed by atoms with Crippen molar-refractivity contribution in [2.24, 2.45) is 0 Å². The summed E-state index contributed by atoms with van der Waals surface area (Å²) >= 11 is 0. The van der Waals surface area contributed by atoms with Crippen molar-refractivity contribution in [1.29, 1.82) is 0 Å². The van der Waals surface area contributed by atoms with Crippen molar-refractivity contribution in [3.63, 3.8) is 0 Å². The van der Waals surface area contributed by atoms with Gasteiger partial charge in [-0.2, -0.15) is 13.2 Å². The van der Waals surface area contributed by atoms with Crippen molar-refractivity contribution >= 4 is 5.69 Å². The summed E-state index contributed by atoms with van der Waals surface area (Å²) in [6.07, 6.45) is -4.39. The number of nitrogen functional groups attached to an aromatic ring is 1. The molecule has 0 amide bonds. The number of rotatable bonds is 3. The minimum absolute atomic E-state index is 0.192. The third kappa shape index (κ3) is 3.13. The lowest BCUT2D eigenvalue weighted by Crippen LogP contribution is -2.23. The molecule has 5 heteroatoms. The highest BCUT2D eigenvalue weighted by molar-refractivity contribution is 5.55. The first-order valence-corrected chi connectivity index (χ1v) is 5.00. The molecule has 0 unspecified atom stereocenters. The van der Waals surface area contributed by atoms with E-state index in [4.69, 9.17) is 5.73 Å². The summed E-state index contributed by atoms with van der Waals surface area (Å²) in [5.74, 6) is 0. The number of nitrogens with one attached hydrogen (secondary N) is 1. The van der Waals surface area contributed by atoms with Gasteiger partial charge in [0.25, 0.3) is 0 Å². The standard InChI is InChI=1S/C11H15F3N2/c1-7(2)16-6-8-4-3-5-9(10(8)15)11(12,13)14/h3-5,7,16H,6,15H2,1-2H3. The predicted octanol–water partition coefficient (Wildman–Crippen LogP) is 2.79. The highest BCUT2D eigenvalue weighted by atomic mass is 19.4. The number of nitrogens with two attached hydrogens (primary N) is 1. The molecule has 2 nitrogen and oxygen atoms in total. The Kier molecular flexibility index (Phi) is 3.80. The van der Waals surface area contributed by atoms with Gasteiger partial charge in [-0.25, -0.2) is 0 Å². The van der Waals surface area contributed by atoms with Crippen LogP contribution in [0.5, 0.6) is 0 Å². The number of hydrogen-bond donors (Lipinski definition) is 2. The molecule has 0 spiro atoms. The molecule has 0 aliphatic rings. The lowest BCUT2D eigenvalue weighted by molar-refractivity contribution is -0.136. The topological polar surface area (TPSA) is 38.0 Å². The van der Waals surface area contributed by atoms with E-state index in [0.29, 0.717) is 12.1 Å². The van der Waals surface area contributed by atoms with E-state index in [1.54, 1.807) is 6.07 Å². The van der Waals surface area contributed by atoms with E-state index in [1.165, 1.54) is 6.07 Å². The summed E-state index contributed by atoms with van der Waals surface area (Å²) in [5.41, 5.74) is 5.01. The Morgan fingerprint density at radius 3 is 2.44 bits per heavy atom. The van der Waals surface area contributed by atoms with Gasteiger partial charge in [-0.1, -0.05) is 26.0 Å². The van der Waals surface area contributed by atoms with E-state index < -0.39 is 11.7 Å². The third-order valence-electron chi connectivity index (χ3n) is 2.20. The van der Waals surface area contributed by atoms with Crippen molar-refractivity contribution in [1.82, 2.24) is 5.32 Å². The molecule has 0 aliphatic carbocycles. The summed E-state index contributed by atoms with van der Waals surface area (Å²) in [6, 6.07) is 4.17. The van der Waals surface area contributed by atoms with Crippen molar-refractivity contribution in [2.45, 2.75) is 32.6 Å². The van der Waals surface area contributed by atoms with E-state index in [-0.39, 0.29) is 11.7 Å². The van der Waals surface area contributed by atoms with Crippen LogP contribution in [0.2, 0.25) is 0 Å². The first-order valence-electron chi connectivity index (χ1n) is 5.00. The largest absolute Gasteiger partial charge is 0.418 e. The lowest BCUT2D eigenvalue weighted by Gasteiger charge is -2.15. The fraction of sp³-hybridized carbons (Fsp3) is 0.455. The average Bonchev–Trinajstić information content (AvgIpc) is 2.14. The quantitative estimate of drug-likeness (QED) is 0.786. The van der Waals surface area contributed by atoms with Crippen molar-refractivity contribution in [3.8, 4) is 0 Å². The Labute approximate surface area is 92.6 Å². The normalized spacial score (nSPS) is 12.1. The first-order chi connectivity index (χ1) is 7.32. The molecule has 0 saturated carbocycles. The fourth-order valence-corrected chi connectivity index (χ4v) is 1.33. The van der Waals surface area contributed by atoms with Crippen LogP contribution < -0.4 is 11.1 Å². The molecular formula is C11H15F3N2. The maximum Gasteiger partial charge on any atom is 0.418 e. The van der Waals surface area contributed by atoms with Crippen molar-refractivity contribution < 1.29 is 13.2 Å². The molecule has 16 heavy (non-hydrogen) atoms. The molecule has 0 radical (unpaired) electrons. The zero-order valence-corrected chi connectivity index (χ0v) is 9.23. The Balaban J connectivity index is 2.96. The molecular weight excluding hydrogens is 217 g/mol. The van der Waals surface area contributed by atoms with Gasteiger partial charge in [0.1, 0.15) is 0 Å². The number of halogens is 3. The fourth-order valence-electron chi connectivity index (χ4n) is 1.33. The predicted molar refractivity (Wildman–Crippen MR) is 57.8 cm³/mol. The smallest absolute Gasteiger partial charge is 0.398 e. The summed E-state index contributed by atoms with van der Waals surface area (Å²) in [5, 5.41) is 3.03. The van der Waals surface area contributed by atoms with Crippen molar-refractivity contribution in [3.05, 3.63) is 29.3 Å². The van der Waals surface area contributed by atoms with Crippen LogP contribution in [0.4, 0.5) is 18.9 Å². The second-order valence-corrected chi connectivity index (χ2v) is 3.91. The zero-order chi connectivity index (χ0) is 12.3. The number of benzene rings is 1. The molecule has 0 aliphatic heterocycles. The lowest BCUT2D eigenvalue weighted by atomic mass is 10.1. The summed E-state index contributed by atoms with van der Waals surface area (Å²) in [6.45, 7) is 4.18. The van der Waals surface area contributed by atoms with Crippen molar-refractivity contribution in [2.75, 3.05) is 5.73 Å². The number of alkyl halides is 3. The molecule has 0 bridgehead atoms. The minimum Gasteiger partial charge on any atom is -0.398 e. The summed E-state index contributed by atoms with van der Waals surface area (Å²) in [7, 11) is 0. The van der Waals surface area contributed by atoms with E-state index >= 15 is 0 Å². The van der Waals surface area contributed by atoms with Crippen LogP contribution in [0.15, 0.2) is 18.2 Å². The van der Waals surface area contributed by atoms with E-state index in [0.717, 1.165) is 6.07 Å². The van der Waals surface area contributed by atoms with Gasteiger partial charge in [-0.15, -0.1) is 0 Å². The SMILES string of the molecule is CC(C)NCc1cccc(C(F)(F)F)c1N. The van der Waals surface area contributed by atoms with Crippen LogP contribution in [-0.4, -0.2) is 6.04 Å². The molecule has 0 heterocycles. The Bertz CT molecular complexity index is 359. The monoisotopic (exact) mass is 232 g/mol. The van der Waals surface area contributed by atoms with Gasteiger partial charge >= 0.3 is 6.18 Å². The maximum absolute atomic E-state index is 12.5. The minimum atomic E-state index is -4.39. The molecule has 1 aromatic carbocycles. The second-order valence-electron chi connectivity index (χ2n) is 3.91. The Hall–Kier alpha value is -1.23.